The van der Waals surface area contributed by atoms with Gasteiger partial charge in [0.2, 0.25) is 10.0 Å². The minimum atomic E-state index is -3.31. The fourth-order valence-electron chi connectivity index (χ4n) is 1.79. The topological polar surface area (TPSA) is 46.2 Å². The summed E-state index contributed by atoms with van der Waals surface area (Å²) in [4.78, 5) is 0.344. The van der Waals surface area contributed by atoms with Crippen molar-refractivity contribution in [3.05, 3.63) is 30.3 Å². The van der Waals surface area contributed by atoms with E-state index < -0.39 is 10.0 Å². The fourth-order valence-corrected chi connectivity index (χ4v) is 2.89. The predicted octanol–water partition coefficient (Wildman–Crippen LogP) is 3.33. The van der Waals surface area contributed by atoms with Crippen molar-refractivity contribution in [2.75, 3.05) is 6.54 Å². The van der Waals surface area contributed by atoms with Crippen LogP contribution in [0.1, 0.15) is 45.4 Å². The lowest BCUT2D eigenvalue weighted by Crippen LogP contribution is -2.24. The van der Waals surface area contributed by atoms with Crippen molar-refractivity contribution in [2.45, 2.75) is 50.3 Å². The third-order valence-corrected chi connectivity index (χ3v) is 4.35. The first-order chi connectivity index (χ1) is 8.67. The Kier molecular flexibility index (Phi) is 6.98. The maximum atomic E-state index is 11.9. The number of benzene rings is 1. The summed E-state index contributed by atoms with van der Waals surface area (Å²) in [5.41, 5.74) is 0. The smallest absolute Gasteiger partial charge is 0.211 e. The number of nitrogens with one attached hydrogen (secondary N) is 1. The van der Waals surface area contributed by atoms with Crippen LogP contribution in [0.15, 0.2) is 35.2 Å². The minimum absolute atomic E-state index is 0.344. The molecule has 18 heavy (non-hydrogen) atoms. The van der Waals surface area contributed by atoms with Crippen LogP contribution in [0.5, 0.6) is 0 Å². The van der Waals surface area contributed by atoms with Crippen LogP contribution in [0.2, 0.25) is 0 Å². The van der Waals surface area contributed by atoms with E-state index >= 15 is 0 Å². The molecule has 4 heteroatoms. The number of sulfonamides is 1. The van der Waals surface area contributed by atoms with Gasteiger partial charge < -0.3 is 0 Å². The molecule has 0 aliphatic heterocycles. The Bertz CT molecular complexity index is 415. The molecular formula is C14H23NO2S. The van der Waals surface area contributed by atoms with Crippen LogP contribution in [-0.2, 0) is 10.0 Å². The van der Waals surface area contributed by atoms with Crippen LogP contribution in [-0.4, -0.2) is 15.0 Å². The molecule has 0 bridgehead atoms. The molecule has 0 atom stereocenters. The molecule has 0 unspecified atom stereocenters. The summed E-state index contributed by atoms with van der Waals surface area (Å²) in [5, 5.41) is 0. The second-order valence-electron chi connectivity index (χ2n) is 4.48. The van der Waals surface area contributed by atoms with Gasteiger partial charge in [0.1, 0.15) is 0 Å². The van der Waals surface area contributed by atoms with E-state index in [0.29, 0.717) is 11.4 Å². The lowest BCUT2D eigenvalue weighted by atomic mass is 10.1. The Morgan fingerprint density at radius 2 is 1.56 bits per heavy atom. The molecule has 1 aromatic rings. The highest BCUT2D eigenvalue weighted by atomic mass is 32.2. The van der Waals surface area contributed by atoms with E-state index in [1.807, 2.05) is 6.07 Å². The van der Waals surface area contributed by atoms with Gasteiger partial charge in [0, 0.05) is 6.54 Å². The van der Waals surface area contributed by atoms with Gasteiger partial charge in [-0.3, -0.25) is 0 Å². The standard InChI is InChI=1S/C14H23NO2S/c1-2-3-4-5-6-10-13-15-18(16,17)14-11-8-7-9-12-14/h7-9,11-12,15H,2-6,10,13H2,1H3. The fraction of sp³-hybridized carbons (Fsp3) is 0.571. The Labute approximate surface area is 111 Å². The summed E-state index contributed by atoms with van der Waals surface area (Å²) >= 11 is 0. The summed E-state index contributed by atoms with van der Waals surface area (Å²) in [6.07, 6.45) is 6.96. The molecule has 0 aromatic heterocycles. The van der Waals surface area contributed by atoms with Crippen molar-refractivity contribution >= 4 is 10.0 Å². The summed E-state index contributed by atoms with van der Waals surface area (Å²) in [6.45, 7) is 2.72. The molecule has 0 saturated heterocycles. The maximum Gasteiger partial charge on any atom is 0.240 e. The van der Waals surface area contributed by atoms with Gasteiger partial charge in [-0.05, 0) is 18.6 Å². The van der Waals surface area contributed by atoms with Gasteiger partial charge >= 0.3 is 0 Å². The molecule has 0 aliphatic rings. The molecule has 3 nitrogen and oxygen atoms in total. The van der Waals surface area contributed by atoms with E-state index in [4.69, 9.17) is 0 Å². The molecule has 0 heterocycles. The zero-order valence-electron chi connectivity index (χ0n) is 11.1. The average molecular weight is 269 g/mol. The van der Waals surface area contributed by atoms with Gasteiger partial charge in [-0.2, -0.15) is 0 Å². The number of unbranched alkanes of at least 4 members (excludes halogenated alkanes) is 5. The zero-order chi connectivity index (χ0) is 13.3. The first kappa shape index (κ1) is 15.2. The van der Waals surface area contributed by atoms with E-state index in [-0.39, 0.29) is 0 Å². The molecule has 102 valence electrons. The van der Waals surface area contributed by atoms with Crippen molar-refractivity contribution in [1.29, 1.82) is 0 Å². The SMILES string of the molecule is CCCCCCCCNS(=O)(=O)c1ccccc1. The molecule has 0 amide bonds. The summed E-state index contributed by atoms with van der Waals surface area (Å²) < 4.78 is 26.4. The summed E-state index contributed by atoms with van der Waals surface area (Å²) in [6, 6.07) is 8.51. The Hall–Kier alpha value is -0.870. The minimum Gasteiger partial charge on any atom is -0.211 e. The monoisotopic (exact) mass is 269 g/mol. The third-order valence-electron chi connectivity index (χ3n) is 2.88. The van der Waals surface area contributed by atoms with Gasteiger partial charge in [0.05, 0.1) is 4.90 Å². The van der Waals surface area contributed by atoms with Crippen LogP contribution in [0.3, 0.4) is 0 Å². The van der Waals surface area contributed by atoms with E-state index in [1.54, 1.807) is 24.3 Å². The molecule has 0 radical (unpaired) electrons. The molecule has 0 aliphatic carbocycles. The second-order valence-corrected chi connectivity index (χ2v) is 6.25. The van der Waals surface area contributed by atoms with E-state index in [2.05, 4.69) is 11.6 Å². The molecular weight excluding hydrogens is 246 g/mol. The molecule has 1 rings (SSSR count). The molecule has 0 fully saturated rings. The van der Waals surface area contributed by atoms with Crippen LogP contribution in [0, 0.1) is 0 Å². The zero-order valence-corrected chi connectivity index (χ0v) is 11.9. The molecule has 1 aromatic carbocycles. The highest BCUT2D eigenvalue weighted by Crippen LogP contribution is 2.08. The Balaban J connectivity index is 2.23. The largest absolute Gasteiger partial charge is 0.240 e. The summed E-state index contributed by atoms with van der Waals surface area (Å²) in [5.74, 6) is 0. The molecule has 1 N–H and O–H groups in total. The Morgan fingerprint density at radius 1 is 0.944 bits per heavy atom. The van der Waals surface area contributed by atoms with E-state index in [1.165, 1.54) is 25.7 Å². The average Bonchev–Trinajstić information content (AvgIpc) is 2.39. The van der Waals surface area contributed by atoms with Crippen LogP contribution < -0.4 is 4.72 Å². The van der Waals surface area contributed by atoms with Gasteiger partial charge in [-0.25, -0.2) is 13.1 Å². The van der Waals surface area contributed by atoms with Crippen LogP contribution >= 0.6 is 0 Å². The van der Waals surface area contributed by atoms with Gasteiger partial charge in [-0.15, -0.1) is 0 Å². The summed E-state index contributed by atoms with van der Waals surface area (Å²) in [7, 11) is -3.31. The van der Waals surface area contributed by atoms with Gasteiger partial charge in [0.25, 0.3) is 0 Å². The van der Waals surface area contributed by atoms with Crippen LogP contribution in [0.4, 0.5) is 0 Å². The van der Waals surface area contributed by atoms with Crippen molar-refractivity contribution < 1.29 is 8.42 Å². The molecule has 0 saturated carbocycles. The number of hydrogen-bond acceptors (Lipinski definition) is 2. The highest BCUT2D eigenvalue weighted by molar-refractivity contribution is 7.89. The Morgan fingerprint density at radius 3 is 2.22 bits per heavy atom. The van der Waals surface area contributed by atoms with E-state index in [0.717, 1.165) is 12.8 Å². The van der Waals surface area contributed by atoms with Gasteiger partial charge in [0.15, 0.2) is 0 Å². The van der Waals surface area contributed by atoms with E-state index in [9.17, 15) is 8.42 Å². The van der Waals surface area contributed by atoms with Crippen molar-refractivity contribution in [2.24, 2.45) is 0 Å². The van der Waals surface area contributed by atoms with Crippen molar-refractivity contribution in [3.8, 4) is 0 Å². The quantitative estimate of drug-likeness (QED) is 0.699. The lowest BCUT2D eigenvalue weighted by Gasteiger charge is -2.06. The highest BCUT2D eigenvalue weighted by Gasteiger charge is 2.11. The maximum absolute atomic E-state index is 11.9. The normalized spacial score (nSPS) is 11.6. The van der Waals surface area contributed by atoms with Crippen molar-refractivity contribution in [3.63, 3.8) is 0 Å². The first-order valence-electron chi connectivity index (χ1n) is 6.71. The second kappa shape index (κ2) is 8.27. The molecule has 0 spiro atoms. The number of rotatable bonds is 9. The lowest BCUT2D eigenvalue weighted by molar-refractivity contribution is 0.567. The third kappa shape index (κ3) is 5.65. The predicted molar refractivity (Wildman–Crippen MR) is 75.0 cm³/mol. The van der Waals surface area contributed by atoms with Gasteiger partial charge in [-0.1, -0.05) is 57.2 Å². The van der Waals surface area contributed by atoms with Crippen LogP contribution in [0.25, 0.3) is 0 Å². The number of hydrogen-bond donors (Lipinski definition) is 1. The van der Waals surface area contributed by atoms with Crippen molar-refractivity contribution in [1.82, 2.24) is 4.72 Å². The first-order valence-corrected chi connectivity index (χ1v) is 8.20.